The van der Waals surface area contributed by atoms with Gasteiger partial charge >= 0.3 is 0 Å². The van der Waals surface area contributed by atoms with Crippen LogP contribution in [0.5, 0.6) is 0 Å². The second-order valence-corrected chi connectivity index (χ2v) is 7.61. The molecule has 2 rings (SSSR count). The lowest BCUT2D eigenvalue weighted by Gasteiger charge is -2.16. The molecule has 0 spiro atoms. The Bertz CT molecular complexity index is 612. The number of sulfonamides is 1. The van der Waals surface area contributed by atoms with Crippen molar-refractivity contribution in [2.45, 2.75) is 50.6 Å². The van der Waals surface area contributed by atoms with Gasteiger partial charge in [-0.15, -0.1) is 0 Å². The van der Waals surface area contributed by atoms with Crippen LogP contribution in [0.25, 0.3) is 0 Å². The van der Waals surface area contributed by atoms with E-state index >= 15 is 0 Å². The first-order valence-electron chi connectivity index (χ1n) is 7.29. The standard InChI is InChI=1S/C15H23FN2O2S/c1-10(6-12-4-5-12)18-21(19,20)15-8-13(9-17-3)7-14(16)11(15)2/h7-8,10,12,17-18H,4-6,9H2,1-3H3. The van der Waals surface area contributed by atoms with Crippen LogP contribution in [0.3, 0.4) is 0 Å². The molecule has 4 nitrogen and oxygen atoms in total. The van der Waals surface area contributed by atoms with Crippen molar-refractivity contribution in [3.63, 3.8) is 0 Å². The largest absolute Gasteiger partial charge is 0.316 e. The smallest absolute Gasteiger partial charge is 0.241 e. The minimum Gasteiger partial charge on any atom is -0.316 e. The molecule has 1 aliphatic carbocycles. The van der Waals surface area contributed by atoms with Crippen molar-refractivity contribution in [2.24, 2.45) is 5.92 Å². The molecule has 0 amide bonds. The Hall–Kier alpha value is -0.980. The van der Waals surface area contributed by atoms with Gasteiger partial charge in [-0.25, -0.2) is 17.5 Å². The Morgan fingerprint density at radius 3 is 2.62 bits per heavy atom. The fourth-order valence-electron chi connectivity index (χ4n) is 2.52. The van der Waals surface area contributed by atoms with Crippen molar-refractivity contribution < 1.29 is 12.8 Å². The van der Waals surface area contributed by atoms with Gasteiger partial charge in [0, 0.05) is 18.2 Å². The minimum absolute atomic E-state index is 0.0374. The molecular weight excluding hydrogens is 291 g/mol. The quantitative estimate of drug-likeness (QED) is 0.812. The van der Waals surface area contributed by atoms with Gasteiger partial charge in [0.15, 0.2) is 0 Å². The first-order chi connectivity index (χ1) is 9.83. The fourth-order valence-corrected chi connectivity index (χ4v) is 4.08. The monoisotopic (exact) mass is 314 g/mol. The molecule has 0 heterocycles. The van der Waals surface area contributed by atoms with Crippen molar-refractivity contribution in [1.82, 2.24) is 10.0 Å². The van der Waals surface area contributed by atoms with E-state index in [1.807, 2.05) is 6.92 Å². The average Bonchev–Trinajstić information content (AvgIpc) is 3.16. The molecular formula is C15H23FN2O2S. The third-order valence-corrected chi connectivity index (χ3v) is 5.48. The molecule has 1 unspecified atom stereocenters. The summed E-state index contributed by atoms with van der Waals surface area (Å²) in [6.07, 6.45) is 3.20. The van der Waals surface area contributed by atoms with Gasteiger partial charge in [-0.2, -0.15) is 0 Å². The number of hydrogen-bond donors (Lipinski definition) is 2. The summed E-state index contributed by atoms with van der Waals surface area (Å²) >= 11 is 0. The van der Waals surface area contributed by atoms with E-state index in [1.165, 1.54) is 25.8 Å². The molecule has 1 aliphatic rings. The molecule has 1 atom stereocenters. The predicted molar refractivity (Wildman–Crippen MR) is 81.0 cm³/mol. The number of rotatable bonds is 7. The Kier molecular flexibility index (Phi) is 5.01. The van der Waals surface area contributed by atoms with Crippen LogP contribution in [-0.2, 0) is 16.6 Å². The van der Waals surface area contributed by atoms with Crippen molar-refractivity contribution >= 4 is 10.0 Å². The van der Waals surface area contributed by atoms with E-state index in [1.54, 1.807) is 13.1 Å². The Morgan fingerprint density at radius 1 is 1.38 bits per heavy atom. The molecule has 0 bridgehead atoms. The molecule has 1 saturated carbocycles. The SMILES string of the molecule is CNCc1cc(F)c(C)c(S(=O)(=O)NC(C)CC2CC2)c1. The summed E-state index contributed by atoms with van der Waals surface area (Å²) in [5.41, 5.74) is 0.789. The first kappa shape index (κ1) is 16.4. The van der Waals surface area contributed by atoms with Crippen LogP contribution in [0.1, 0.15) is 37.3 Å². The maximum Gasteiger partial charge on any atom is 0.241 e. The zero-order valence-corrected chi connectivity index (χ0v) is 13.6. The van der Waals surface area contributed by atoms with E-state index in [9.17, 15) is 12.8 Å². The van der Waals surface area contributed by atoms with Crippen LogP contribution >= 0.6 is 0 Å². The Labute approximate surface area is 126 Å². The van der Waals surface area contributed by atoms with Gasteiger partial charge in [-0.05, 0) is 50.9 Å². The molecule has 0 radical (unpaired) electrons. The molecule has 0 aliphatic heterocycles. The lowest BCUT2D eigenvalue weighted by molar-refractivity contribution is 0.527. The average molecular weight is 314 g/mol. The van der Waals surface area contributed by atoms with Gasteiger partial charge in [0.05, 0.1) is 4.90 Å². The highest BCUT2D eigenvalue weighted by Crippen LogP contribution is 2.33. The molecule has 2 N–H and O–H groups in total. The summed E-state index contributed by atoms with van der Waals surface area (Å²) < 4.78 is 41.5. The summed E-state index contributed by atoms with van der Waals surface area (Å²) in [5, 5.41) is 2.90. The maximum atomic E-state index is 13.9. The third-order valence-electron chi connectivity index (χ3n) is 3.77. The summed E-state index contributed by atoms with van der Waals surface area (Å²) in [5.74, 6) is 0.147. The van der Waals surface area contributed by atoms with Crippen molar-refractivity contribution in [1.29, 1.82) is 0 Å². The van der Waals surface area contributed by atoms with E-state index in [0.29, 0.717) is 18.0 Å². The summed E-state index contributed by atoms with van der Waals surface area (Å²) in [6.45, 7) is 3.79. The number of halogens is 1. The molecule has 1 aromatic carbocycles. The van der Waals surface area contributed by atoms with Gasteiger partial charge in [-0.1, -0.05) is 12.8 Å². The lowest BCUT2D eigenvalue weighted by atomic mass is 10.1. The van der Waals surface area contributed by atoms with Crippen LogP contribution in [0.4, 0.5) is 4.39 Å². The topological polar surface area (TPSA) is 58.2 Å². The van der Waals surface area contributed by atoms with Crippen LogP contribution in [-0.4, -0.2) is 21.5 Å². The van der Waals surface area contributed by atoms with E-state index < -0.39 is 15.8 Å². The zero-order valence-electron chi connectivity index (χ0n) is 12.7. The van der Waals surface area contributed by atoms with Gasteiger partial charge < -0.3 is 5.32 Å². The van der Waals surface area contributed by atoms with Gasteiger partial charge in [-0.3, -0.25) is 0 Å². The molecule has 0 aromatic heterocycles. The lowest BCUT2D eigenvalue weighted by Crippen LogP contribution is -2.33. The minimum atomic E-state index is -3.69. The number of hydrogen-bond acceptors (Lipinski definition) is 3. The van der Waals surface area contributed by atoms with Crippen LogP contribution in [0.15, 0.2) is 17.0 Å². The number of nitrogens with one attached hydrogen (secondary N) is 2. The normalized spacial score (nSPS) is 17.0. The highest BCUT2D eigenvalue weighted by molar-refractivity contribution is 7.89. The fraction of sp³-hybridized carbons (Fsp3) is 0.600. The first-order valence-corrected chi connectivity index (χ1v) is 8.77. The molecule has 21 heavy (non-hydrogen) atoms. The number of benzene rings is 1. The van der Waals surface area contributed by atoms with E-state index in [4.69, 9.17) is 0 Å². The second-order valence-electron chi connectivity index (χ2n) is 5.93. The third kappa shape index (κ3) is 4.25. The van der Waals surface area contributed by atoms with Crippen LogP contribution in [0.2, 0.25) is 0 Å². The summed E-state index contributed by atoms with van der Waals surface area (Å²) in [4.78, 5) is 0.0374. The molecule has 6 heteroatoms. The van der Waals surface area contributed by atoms with Crippen molar-refractivity contribution in [2.75, 3.05) is 7.05 Å². The van der Waals surface area contributed by atoms with Gasteiger partial charge in [0.25, 0.3) is 0 Å². The van der Waals surface area contributed by atoms with E-state index in [2.05, 4.69) is 10.0 Å². The van der Waals surface area contributed by atoms with Gasteiger partial charge in [0.2, 0.25) is 10.0 Å². The van der Waals surface area contributed by atoms with E-state index in [0.717, 1.165) is 6.42 Å². The zero-order chi connectivity index (χ0) is 15.6. The van der Waals surface area contributed by atoms with Crippen LogP contribution in [0, 0.1) is 18.7 Å². The highest BCUT2D eigenvalue weighted by atomic mass is 32.2. The van der Waals surface area contributed by atoms with Gasteiger partial charge in [0.1, 0.15) is 5.82 Å². The molecule has 0 saturated heterocycles. The molecule has 1 fully saturated rings. The Morgan fingerprint density at radius 2 is 2.05 bits per heavy atom. The van der Waals surface area contributed by atoms with E-state index in [-0.39, 0.29) is 16.5 Å². The molecule has 118 valence electrons. The van der Waals surface area contributed by atoms with Crippen molar-refractivity contribution in [3.8, 4) is 0 Å². The summed E-state index contributed by atoms with van der Waals surface area (Å²) in [7, 11) is -1.95. The second kappa shape index (κ2) is 6.42. The predicted octanol–water partition coefficient (Wildman–Crippen LogP) is 2.32. The molecule has 1 aromatic rings. The maximum absolute atomic E-state index is 13.9. The van der Waals surface area contributed by atoms with Crippen molar-refractivity contribution in [3.05, 3.63) is 29.1 Å². The highest BCUT2D eigenvalue weighted by Gasteiger charge is 2.27. The van der Waals surface area contributed by atoms with Crippen LogP contribution < -0.4 is 10.0 Å². The summed E-state index contributed by atoms with van der Waals surface area (Å²) in [6, 6.07) is 2.79. The Balaban J connectivity index is 2.24.